The van der Waals surface area contributed by atoms with Crippen LogP contribution in [0.2, 0.25) is 0 Å². The normalized spacial score (nSPS) is 12.3. The van der Waals surface area contributed by atoms with Crippen molar-refractivity contribution in [1.29, 1.82) is 0 Å². The first kappa shape index (κ1) is 39.5. The average molecular weight is 841 g/mol. The van der Waals surface area contributed by atoms with Crippen LogP contribution in [-0.2, 0) is 12.8 Å². The first-order valence-corrected chi connectivity index (χ1v) is 23.2. The number of rotatable bonds is 6. The van der Waals surface area contributed by atoms with Gasteiger partial charge >= 0.3 is 0 Å². The third-order valence-electron chi connectivity index (χ3n) is 14.2. The fraction of sp³-hybridized carbons (Fsp3) is 0.0606. The molecule has 0 spiro atoms. The van der Waals surface area contributed by atoms with Crippen LogP contribution in [0.25, 0.3) is 105 Å². The van der Waals surface area contributed by atoms with Gasteiger partial charge in [-0.05, 0) is 165 Å². The second-order valence-electron chi connectivity index (χ2n) is 18.0. The lowest BCUT2D eigenvalue weighted by Crippen LogP contribution is -1.95. The van der Waals surface area contributed by atoms with Gasteiger partial charge in [0.15, 0.2) is 0 Å². The lowest BCUT2D eigenvalue weighted by Gasteiger charge is -2.20. The fourth-order valence-electron chi connectivity index (χ4n) is 11.0. The van der Waals surface area contributed by atoms with Gasteiger partial charge in [0.25, 0.3) is 0 Å². The Morgan fingerprint density at radius 2 is 0.879 bits per heavy atom. The fourth-order valence-corrected chi connectivity index (χ4v) is 11.0. The summed E-state index contributed by atoms with van der Waals surface area (Å²) in [7, 11) is 0. The number of allylic oxidation sites excluding steroid dienone is 3. The van der Waals surface area contributed by atoms with Crippen molar-refractivity contribution in [3.05, 3.63) is 258 Å². The summed E-state index contributed by atoms with van der Waals surface area (Å²) in [6.45, 7) is 8.08. The van der Waals surface area contributed by atoms with Crippen LogP contribution in [0.3, 0.4) is 0 Å². The molecule has 11 aromatic carbocycles. The standard InChI is InChI=1S/C55H36.C11H12/c1-33-16-18-34(19-17-33)43-25-20-35-23-29-50-48(26-21-36-22-28-49(43)54(35)55(36)50)53-32-39(42-12-6-13-44-40-10-4-2-8-37(40)30-51(42)44)24-27-47(53)46-15-7-14-45-41-11-5-3-9-38(41)31-52(45)46;1-3-7-10(2)11-8-5-4-6-9-11/h2-29,32H,30-31H2,1H3;3-9H,2H2,1H3/b;7-3-. The molecule has 0 heteroatoms. The summed E-state index contributed by atoms with van der Waals surface area (Å²) in [6.07, 6.45) is 5.92. The van der Waals surface area contributed by atoms with Crippen molar-refractivity contribution in [2.45, 2.75) is 26.7 Å². The zero-order chi connectivity index (χ0) is 44.3. The van der Waals surface area contributed by atoms with Crippen LogP contribution in [0.5, 0.6) is 0 Å². The van der Waals surface area contributed by atoms with Gasteiger partial charge in [-0.25, -0.2) is 0 Å². The summed E-state index contributed by atoms with van der Waals surface area (Å²) >= 11 is 0. The van der Waals surface area contributed by atoms with E-state index in [1.54, 1.807) is 0 Å². The summed E-state index contributed by atoms with van der Waals surface area (Å²) in [5.74, 6) is 0. The number of hydrogen-bond acceptors (Lipinski definition) is 0. The molecule has 0 unspecified atom stereocenters. The van der Waals surface area contributed by atoms with Crippen molar-refractivity contribution >= 4 is 37.9 Å². The van der Waals surface area contributed by atoms with Gasteiger partial charge in [0, 0.05) is 0 Å². The predicted molar refractivity (Wildman–Crippen MR) is 283 cm³/mol. The topological polar surface area (TPSA) is 0 Å². The highest BCUT2D eigenvalue weighted by Crippen LogP contribution is 2.49. The molecule has 312 valence electrons. The Morgan fingerprint density at radius 3 is 1.52 bits per heavy atom. The zero-order valence-electron chi connectivity index (χ0n) is 37.4. The highest BCUT2D eigenvalue weighted by atomic mass is 14.3. The summed E-state index contributed by atoms with van der Waals surface area (Å²) < 4.78 is 0. The maximum atomic E-state index is 3.93. The molecule has 0 fully saturated rings. The molecule has 66 heavy (non-hydrogen) atoms. The first-order valence-electron chi connectivity index (χ1n) is 23.2. The number of hydrogen-bond donors (Lipinski definition) is 0. The van der Waals surface area contributed by atoms with Crippen LogP contribution in [-0.4, -0.2) is 0 Å². The number of aryl methyl sites for hydroxylation is 1. The Balaban J connectivity index is 0.000000367. The van der Waals surface area contributed by atoms with E-state index >= 15 is 0 Å². The third kappa shape index (κ3) is 6.60. The monoisotopic (exact) mass is 840 g/mol. The smallest absolute Gasteiger partial charge is 0.000728 e. The van der Waals surface area contributed by atoms with Crippen LogP contribution < -0.4 is 0 Å². The molecule has 0 saturated carbocycles. The minimum absolute atomic E-state index is 0.952. The Labute approximate surface area is 387 Å². The van der Waals surface area contributed by atoms with Crippen molar-refractivity contribution in [1.82, 2.24) is 0 Å². The predicted octanol–water partition coefficient (Wildman–Crippen LogP) is 18.0. The third-order valence-corrected chi connectivity index (χ3v) is 14.2. The van der Waals surface area contributed by atoms with Crippen molar-refractivity contribution in [2.75, 3.05) is 0 Å². The van der Waals surface area contributed by atoms with Gasteiger partial charge in [-0.1, -0.05) is 224 Å². The molecule has 0 aromatic heterocycles. The molecular formula is C66H48. The Hall–Kier alpha value is -8.06. The van der Waals surface area contributed by atoms with Crippen LogP contribution >= 0.6 is 0 Å². The molecule has 2 aliphatic rings. The second-order valence-corrected chi connectivity index (χ2v) is 18.0. The van der Waals surface area contributed by atoms with Gasteiger partial charge in [-0.2, -0.15) is 0 Å². The van der Waals surface area contributed by atoms with Crippen LogP contribution in [0.4, 0.5) is 0 Å². The lowest BCUT2D eigenvalue weighted by molar-refractivity contribution is 1.26. The van der Waals surface area contributed by atoms with Crippen molar-refractivity contribution in [3.63, 3.8) is 0 Å². The molecule has 13 rings (SSSR count). The molecule has 11 aromatic rings. The van der Waals surface area contributed by atoms with Gasteiger partial charge in [-0.15, -0.1) is 0 Å². The SMILES string of the molecule is C=C(/C=C\C)c1ccccc1.Cc1ccc(-c2ccc3ccc4c(-c5cc(-c6cccc7c6Cc6ccccc6-7)ccc5-c5cccc6c5Cc5ccccc5-6)ccc5ccc2c3c54)cc1. The van der Waals surface area contributed by atoms with Gasteiger partial charge in [0.2, 0.25) is 0 Å². The minimum Gasteiger partial charge on any atom is -0.0912 e. The summed E-state index contributed by atoms with van der Waals surface area (Å²) in [5, 5.41) is 7.88. The highest BCUT2D eigenvalue weighted by molar-refractivity contribution is 6.28. The maximum Gasteiger partial charge on any atom is -0.000728 e. The van der Waals surface area contributed by atoms with Crippen molar-refractivity contribution in [2.24, 2.45) is 0 Å². The molecule has 0 bridgehead atoms. The highest BCUT2D eigenvalue weighted by Gasteiger charge is 2.26. The molecule has 0 radical (unpaired) electrons. The molecule has 2 aliphatic carbocycles. The zero-order valence-corrected chi connectivity index (χ0v) is 37.4. The minimum atomic E-state index is 0.952. The quantitative estimate of drug-likeness (QED) is 0.116. The van der Waals surface area contributed by atoms with E-state index in [2.05, 4.69) is 202 Å². The Kier molecular flexibility index (Phi) is 9.69. The van der Waals surface area contributed by atoms with Crippen LogP contribution in [0.15, 0.2) is 225 Å². The van der Waals surface area contributed by atoms with Gasteiger partial charge in [-0.3, -0.25) is 0 Å². The summed E-state index contributed by atoms with van der Waals surface area (Å²) in [6, 6.07) is 76.8. The van der Waals surface area contributed by atoms with E-state index in [-0.39, 0.29) is 0 Å². The van der Waals surface area contributed by atoms with Gasteiger partial charge in [0.05, 0.1) is 0 Å². The van der Waals surface area contributed by atoms with Crippen molar-refractivity contribution < 1.29 is 0 Å². The van der Waals surface area contributed by atoms with E-state index in [9.17, 15) is 0 Å². The van der Waals surface area contributed by atoms with Gasteiger partial charge < -0.3 is 0 Å². The van der Waals surface area contributed by atoms with Crippen molar-refractivity contribution in [3.8, 4) is 66.8 Å². The van der Waals surface area contributed by atoms with E-state index < -0.39 is 0 Å². The van der Waals surface area contributed by atoms with Crippen LogP contribution in [0, 0.1) is 6.92 Å². The lowest BCUT2D eigenvalue weighted by atomic mass is 9.83. The second kappa shape index (κ2) is 16.2. The summed E-state index contributed by atoms with van der Waals surface area (Å²) in [4.78, 5) is 0. The molecule has 0 nitrogen and oxygen atoms in total. The molecular weight excluding hydrogens is 793 g/mol. The van der Waals surface area contributed by atoms with Gasteiger partial charge in [0.1, 0.15) is 0 Å². The largest absolute Gasteiger partial charge is 0.0912 e. The Bertz CT molecular complexity index is 3710. The molecule has 0 atom stereocenters. The molecule has 0 aliphatic heterocycles. The number of benzene rings is 11. The van der Waals surface area contributed by atoms with E-state index in [0.29, 0.717) is 0 Å². The summed E-state index contributed by atoms with van der Waals surface area (Å²) in [5.41, 5.74) is 25.0. The van der Waals surface area contributed by atoms with E-state index in [0.717, 1.165) is 18.4 Å². The van der Waals surface area contributed by atoms with E-state index in [1.807, 2.05) is 37.3 Å². The van der Waals surface area contributed by atoms with E-state index in [1.165, 1.54) is 132 Å². The van der Waals surface area contributed by atoms with E-state index in [4.69, 9.17) is 0 Å². The maximum absolute atomic E-state index is 3.93. The molecule has 0 N–H and O–H groups in total. The molecule has 0 amide bonds. The van der Waals surface area contributed by atoms with Crippen LogP contribution in [0.1, 0.15) is 40.3 Å². The average Bonchev–Trinajstić information content (AvgIpc) is 3.95. The molecule has 0 heterocycles. The molecule has 0 saturated heterocycles. The Morgan fingerprint density at radius 1 is 0.394 bits per heavy atom. The number of fused-ring (bicyclic) bond motifs is 6. The first-order chi connectivity index (χ1) is 32.5.